The van der Waals surface area contributed by atoms with Crippen molar-refractivity contribution in [1.29, 1.82) is 0 Å². The molecule has 114 valence electrons. The van der Waals surface area contributed by atoms with Crippen LogP contribution >= 0.6 is 0 Å². The van der Waals surface area contributed by atoms with E-state index in [0.717, 1.165) is 12.2 Å². The Balaban J connectivity index is 3.02. The second kappa shape index (κ2) is 7.12. The summed E-state index contributed by atoms with van der Waals surface area (Å²) in [5, 5.41) is 3.47. The lowest BCUT2D eigenvalue weighted by molar-refractivity contribution is 0.223. The van der Waals surface area contributed by atoms with Crippen molar-refractivity contribution in [3.63, 3.8) is 0 Å². The third-order valence-electron chi connectivity index (χ3n) is 4.26. The summed E-state index contributed by atoms with van der Waals surface area (Å²) in [5.74, 6) is 1.65. The minimum atomic E-state index is 0.324. The Kier molecular flexibility index (Phi) is 6.07. The van der Waals surface area contributed by atoms with Crippen LogP contribution in [-0.2, 0) is 0 Å². The van der Waals surface area contributed by atoms with Crippen LogP contribution < -0.4 is 10.1 Å². The van der Waals surface area contributed by atoms with Gasteiger partial charge in [0.1, 0.15) is 5.75 Å². The predicted octanol–water partition coefficient (Wildman–Crippen LogP) is 4.73. The van der Waals surface area contributed by atoms with Crippen LogP contribution in [-0.4, -0.2) is 13.7 Å². The maximum absolute atomic E-state index is 5.80. The smallest absolute Gasteiger partial charge is 0.124 e. The summed E-state index contributed by atoms with van der Waals surface area (Å²) in [4.78, 5) is 0. The van der Waals surface area contributed by atoms with Gasteiger partial charge in [0, 0.05) is 11.6 Å². The largest absolute Gasteiger partial charge is 0.494 e. The first kappa shape index (κ1) is 17.0. The number of hydrogen-bond acceptors (Lipinski definition) is 2. The van der Waals surface area contributed by atoms with Crippen molar-refractivity contribution < 1.29 is 4.74 Å². The van der Waals surface area contributed by atoms with Gasteiger partial charge in [-0.25, -0.2) is 0 Å². The van der Waals surface area contributed by atoms with Crippen LogP contribution in [0.2, 0.25) is 0 Å². The summed E-state index contributed by atoms with van der Waals surface area (Å²) in [6.45, 7) is 14.1. The molecule has 0 aliphatic rings. The zero-order valence-electron chi connectivity index (χ0n) is 14.2. The molecule has 0 saturated heterocycles. The molecule has 0 radical (unpaired) electrons. The van der Waals surface area contributed by atoms with Crippen molar-refractivity contribution in [3.8, 4) is 5.75 Å². The molecule has 2 atom stereocenters. The fraction of sp³-hybridized carbons (Fsp3) is 0.667. The van der Waals surface area contributed by atoms with E-state index in [1.54, 1.807) is 0 Å². The van der Waals surface area contributed by atoms with Crippen molar-refractivity contribution in [1.82, 2.24) is 5.32 Å². The quantitative estimate of drug-likeness (QED) is 0.812. The molecule has 0 saturated carbocycles. The molecule has 0 fully saturated rings. The van der Waals surface area contributed by atoms with Crippen LogP contribution in [0.15, 0.2) is 18.2 Å². The van der Waals surface area contributed by atoms with E-state index in [-0.39, 0.29) is 0 Å². The molecule has 2 unspecified atom stereocenters. The second-order valence-corrected chi connectivity index (χ2v) is 6.82. The summed E-state index contributed by atoms with van der Waals surface area (Å²) >= 11 is 0. The molecule has 0 amide bonds. The fourth-order valence-electron chi connectivity index (χ4n) is 2.33. The number of aryl methyl sites for hydroxylation is 1. The lowest BCUT2D eigenvalue weighted by Gasteiger charge is -2.31. The second-order valence-electron chi connectivity index (χ2n) is 6.82. The average Bonchev–Trinajstić information content (AvgIpc) is 2.37. The van der Waals surface area contributed by atoms with Crippen molar-refractivity contribution in [3.05, 3.63) is 29.3 Å². The first-order valence-electron chi connectivity index (χ1n) is 7.70. The molecule has 0 aliphatic heterocycles. The van der Waals surface area contributed by atoms with E-state index in [2.05, 4.69) is 58.1 Å². The van der Waals surface area contributed by atoms with E-state index in [1.807, 2.05) is 14.0 Å². The molecule has 20 heavy (non-hydrogen) atoms. The van der Waals surface area contributed by atoms with E-state index < -0.39 is 0 Å². The van der Waals surface area contributed by atoms with E-state index in [0.29, 0.717) is 24.0 Å². The zero-order valence-corrected chi connectivity index (χ0v) is 14.2. The highest BCUT2D eigenvalue weighted by atomic mass is 16.5. The van der Waals surface area contributed by atoms with Gasteiger partial charge in [0.2, 0.25) is 0 Å². The number of nitrogens with one attached hydrogen (secondary N) is 1. The standard InChI is InChI=1S/C18H31NO/c1-8-20-17-10-9-13(2)11-15(17)16(19-7)12-14(3)18(4,5)6/h9-11,14,16,19H,8,12H2,1-7H3. The summed E-state index contributed by atoms with van der Waals surface area (Å²) < 4.78 is 5.80. The van der Waals surface area contributed by atoms with Gasteiger partial charge in [-0.3, -0.25) is 0 Å². The van der Waals surface area contributed by atoms with E-state index in [9.17, 15) is 0 Å². The molecule has 0 heterocycles. The highest BCUT2D eigenvalue weighted by Gasteiger charge is 2.25. The predicted molar refractivity (Wildman–Crippen MR) is 87.4 cm³/mol. The van der Waals surface area contributed by atoms with Gasteiger partial charge < -0.3 is 10.1 Å². The Labute approximate surface area is 124 Å². The van der Waals surface area contributed by atoms with Crippen LogP contribution in [0.4, 0.5) is 0 Å². The van der Waals surface area contributed by atoms with Crippen molar-refractivity contribution in [2.75, 3.05) is 13.7 Å². The van der Waals surface area contributed by atoms with E-state index in [1.165, 1.54) is 11.1 Å². The average molecular weight is 277 g/mol. The molecule has 0 aromatic heterocycles. The van der Waals surface area contributed by atoms with Crippen LogP contribution in [0.5, 0.6) is 5.75 Å². The fourth-order valence-corrected chi connectivity index (χ4v) is 2.33. The molecule has 2 nitrogen and oxygen atoms in total. The summed E-state index contributed by atoms with van der Waals surface area (Å²) in [6.07, 6.45) is 1.11. The Hall–Kier alpha value is -1.02. The normalized spacial score (nSPS) is 14.9. The van der Waals surface area contributed by atoms with E-state index >= 15 is 0 Å². The highest BCUT2D eigenvalue weighted by molar-refractivity contribution is 5.39. The summed E-state index contributed by atoms with van der Waals surface area (Å²) in [7, 11) is 2.04. The van der Waals surface area contributed by atoms with Gasteiger partial charge in [0.25, 0.3) is 0 Å². The molecular formula is C18H31NO. The maximum atomic E-state index is 5.80. The van der Waals surface area contributed by atoms with Gasteiger partial charge in [0.05, 0.1) is 6.61 Å². The summed E-state index contributed by atoms with van der Waals surface area (Å²) in [5.41, 5.74) is 2.89. The minimum Gasteiger partial charge on any atom is -0.494 e. The van der Waals surface area contributed by atoms with Gasteiger partial charge in [-0.1, -0.05) is 45.4 Å². The monoisotopic (exact) mass is 277 g/mol. The first-order chi connectivity index (χ1) is 9.29. The van der Waals surface area contributed by atoms with Crippen LogP contribution in [0.25, 0.3) is 0 Å². The topological polar surface area (TPSA) is 21.3 Å². The van der Waals surface area contributed by atoms with Crippen LogP contribution in [0, 0.1) is 18.3 Å². The Morgan fingerprint density at radius 2 is 1.90 bits per heavy atom. The van der Waals surface area contributed by atoms with E-state index in [4.69, 9.17) is 4.74 Å². The number of benzene rings is 1. The first-order valence-corrected chi connectivity index (χ1v) is 7.70. The highest BCUT2D eigenvalue weighted by Crippen LogP contribution is 2.36. The van der Waals surface area contributed by atoms with Gasteiger partial charge in [-0.05, 0) is 44.7 Å². The van der Waals surface area contributed by atoms with Crippen molar-refractivity contribution in [2.24, 2.45) is 11.3 Å². The Bertz CT molecular complexity index is 420. The Morgan fingerprint density at radius 3 is 2.40 bits per heavy atom. The van der Waals surface area contributed by atoms with Gasteiger partial charge in [-0.15, -0.1) is 0 Å². The minimum absolute atomic E-state index is 0.324. The van der Waals surface area contributed by atoms with Gasteiger partial charge in [0.15, 0.2) is 0 Å². The van der Waals surface area contributed by atoms with Crippen LogP contribution in [0.3, 0.4) is 0 Å². The van der Waals surface area contributed by atoms with Crippen LogP contribution in [0.1, 0.15) is 58.2 Å². The van der Waals surface area contributed by atoms with Crippen molar-refractivity contribution >= 4 is 0 Å². The lowest BCUT2D eigenvalue weighted by Crippen LogP contribution is -2.25. The molecule has 1 aromatic carbocycles. The van der Waals surface area contributed by atoms with Crippen molar-refractivity contribution in [2.45, 2.75) is 54.0 Å². The number of rotatable bonds is 6. The number of hydrogen-bond donors (Lipinski definition) is 1. The molecule has 0 aliphatic carbocycles. The summed E-state index contributed by atoms with van der Waals surface area (Å²) in [6, 6.07) is 6.81. The zero-order chi connectivity index (χ0) is 15.3. The third kappa shape index (κ3) is 4.52. The lowest BCUT2D eigenvalue weighted by atomic mass is 9.77. The van der Waals surface area contributed by atoms with Gasteiger partial charge in [-0.2, -0.15) is 0 Å². The third-order valence-corrected chi connectivity index (χ3v) is 4.26. The molecule has 1 N–H and O–H groups in total. The number of ether oxygens (including phenoxy) is 1. The molecule has 0 spiro atoms. The SMILES string of the molecule is CCOc1ccc(C)cc1C(CC(C)C(C)(C)C)NC. The van der Waals surface area contributed by atoms with Gasteiger partial charge >= 0.3 is 0 Å². The maximum Gasteiger partial charge on any atom is 0.124 e. The molecule has 0 bridgehead atoms. The molecule has 1 rings (SSSR count). The molecule has 1 aromatic rings. The Morgan fingerprint density at radius 1 is 1.25 bits per heavy atom. The molecule has 2 heteroatoms. The molecular weight excluding hydrogens is 246 g/mol.